The number of allylic oxidation sites excluding steroid dienone is 1. The molecule has 5 nitrogen and oxygen atoms in total. The first-order valence-electron chi connectivity index (χ1n) is 8.78. The number of aliphatic imine (C=N–C) groups is 1. The molecule has 1 aliphatic heterocycles. The van der Waals surface area contributed by atoms with E-state index in [1.54, 1.807) is 0 Å². The van der Waals surface area contributed by atoms with Crippen LogP contribution in [0.4, 0.5) is 4.79 Å². The lowest BCUT2D eigenvalue weighted by molar-refractivity contribution is -0.120. The van der Waals surface area contributed by atoms with E-state index in [1.165, 1.54) is 32.1 Å². The molecule has 0 spiro atoms. The van der Waals surface area contributed by atoms with Crippen molar-refractivity contribution in [1.29, 1.82) is 0 Å². The fraction of sp³-hybridized carbons (Fsp3) is 0.722. The summed E-state index contributed by atoms with van der Waals surface area (Å²) in [6.45, 7) is 7.02. The molecule has 3 amide bonds. The van der Waals surface area contributed by atoms with Crippen LogP contribution in [0.1, 0.15) is 52.9 Å². The summed E-state index contributed by atoms with van der Waals surface area (Å²) in [7, 11) is 0. The van der Waals surface area contributed by atoms with Gasteiger partial charge in [-0.25, -0.2) is 9.79 Å². The molecule has 1 saturated carbocycles. The zero-order chi connectivity index (χ0) is 16.8. The van der Waals surface area contributed by atoms with E-state index in [1.807, 2.05) is 19.9 Å². The molecule has 5 heteroatoms. The summed E-state index contributed by atoms with van der Waals surface area (Å²) < 4.78 is 0. The zero-order valence-corrected chi connectivity index (χ0v) is 14.5. The van der Waals surface area contributed by atoms with E-state index < -0.39 is 0 Å². The molecular formula is C18H29N3O2. The topological polar surface area (TPSA) is 70.6 Å². The molecule has 1 fully saturated rings. The maximum Gasteiger partial charge on any atom is 0.314 e. The minimum Gasteiger partial charge on any atom is -0.338 e. The van der Waals surface area contributed by atoms with Crippen molar-refractivity contribution in [3.05, 3.63) is 11.6 Å². The van der Waals surface area contributed by atoms with Crippen molar-refractivity contribution in [2.75, 3.05) is 13.1 Å². The van der Waals surface area contributed by atoms with Gasteiger partial charge in [0, 0.05) is 18.8 Å². The largest absolute Gasteiger partial charge is 0.338 e. The van der Waals surface area contributed by atoms with Crippen molar-refractivity contribution in [2.45, 2.75) is 52.9 Å². The molecule has 0 radical (unpaired) electrons. The number of nitrogens with one attached hydrogen (secondary N) is 2. The number of dihydropyridines is 1. The van der Waals surface area contributed by atoms with Gasteiger partial charge in [0.15, 0.2) is 0 Å². The first kappa shape index (κ1) is 17.7. The van der Waals surface area contributed by atoms with Crippen LogP contribution in [0.25, 0.3) is 0 Å². The Morgan fingerprint density at radius 1 is 1.13 bits per heavy atom. The Bertz CT molecular complexity index is 502. The maximum absolute atomic E-state index is 11.9. The Morgan fingerprint density at radius 2 is 1.74 bits per heavy atom. The standard InChI is InChI=1S/C18H29N3O2/c1-4-14-5-7-15(8-6-14)10-19-18(23)20-11-16-12(2)9-13(3)21-17(16)22/h9,14-16H,4-8,10-11H2,1-3H3,(H2,19,20,23). The molecule has 0 aromatic rings. The van der Waals surface area contributed by atoms with E-state index >= 15 is 0 Å². The average Bonchev–Trinajstić information content (AvgIpc) is 2.52. The number of rotatable bonds is 5. The van der Waals surface area contributed by atoms with Crippen LogP contribution in [0.5, 0.6) is 0 Å². The summed E-state index contributed by atoms with van der Waals surface area (Å²) >= 11 is 0. The van der Waals surface area contributed by atoms with Gasteiger partial charge in [-0.2, -0.15) is 0 Å². The van der Waals surface area contributed by atoms with Crippen molar-refractivity contribution in [3.63, 3.8) is 0 Å². The molecule has 1 aliphatic carbocycles. The van der Waals surface area contributed by atoms with Gasteiger partial charge < -0.3 is 10.6 Å². The van der Waals surface area contributed by atoms with Gasteiger partial charge in [-0.3, -0.25) is 4.79 Å². The molecule has 0 saturated heterocycles. The van der Waals surface area contributed by atoms with E-state index in [9.17, 15) is 9.59 Å². The number of hydrogen-bond acceptors (Lipinski definition) is 2. The maximum atomic E-state index is 11.9. The third kappa shape index (κ3) is 5.19. The molecule has 2 aliphatic rings. The number of nitrogens with zero attached hydrogens (tertiary/aromatic N) is 1. The Morgan fingerprint density at radius 3 is 2.35 bits per heavy atom. The van der Waals surface area contributed by atoms with E-state index in [-0.39, 0.29) is 17.9 Å². The van der Waals surface area contributed by atoms with Crippen LogP contribution in [0.2, 0.25) is 0 Å². The summed E-state index contributed by atoms with van der Waals surface area (Å²) in [5.74, 6) is 0.968. The third-order valence-corrected chi connectivity index (χ3v) is 5.13. The van der Waals surface area contributed by atoms with Crippen LogP contribution < -0.4 is 10.6 Å². The summed E-state index contributed by atoms with van der Waals surface area (Å²) in [5.41, 5.74) is 1.69. The third-order valence-electron chi connectivity index (χ3n) is 5.13. The first-order chi connectivity index (χ1) is 11.0. The number of carbonyl (C=O) groups is 2. The lowest BCUT2D eigenvalue weighted by Crippen LogP contribution is -2.42. The Kier molecular flexibility index (Phi) is 6.37. The van der Waals surface area contributed by atoms with Crippen LogP contribution in [0.3, 0.4) is 0 Å². The molecule has 1 heterocycles. The molecular weight excluding hydrogens is 290 g/mol. The van der Waals surface area contributed by atoms with Gasteiger partial charge in [0.2, 0.25) is 0 Å². The Labute approximate surface area is 139 Å². The minimum absolute atomic E-state index is 0.166. The van der Waals surface area contributed by atoms with E-state index in [0.29, 0.717) is 12.5 Å². The highest BCUT2D eigenvalue weighted by Gasteiger charge is 2.24. The van der Waals surface area contributed by atoms with Crippen molar-refractivity contribution < 1.29 is 9.59 Å². The summed E-state index contributed by atoms with van der Waals surface area (Å²) in [4.78, 5) is 27.8. The first-order valence-corrected chi connectivity index (χ1v) is 8.78. The number of hydrogen-bond donors (Lipinski definition) is 2. The Balaban J connectivity index is 1.68. The van der Waals surface area contributed by atoms with Crippen LogP contribution >= 0.6 is 0 Å². The van der Waals surface area contributed by atoms with Crippen LogP contribution in [-0.4, -0.2) is 30.7 Å². The summed E-state index contributed by atoms with van der Waals surface area (Å²) in [5, 5.41) is 5.75. The number of amides is 3. The zero-order valence-electron chi connectivity index (χ0n) is 14.5. The lowest BCUT2D eigenvalue weighted by atomic mass is 9.81. The van der Waals surface area contributed by atoms with Gasteiger partial charge in [0.25, 0.3) is 5.91 Å². The highest BCUT2D eigenvalue weighted by atomic mass is 16.2. The van der Waals surface area contributed by atoms with Gasteiger partial charge in [-0.1, -0.05) is 31.8 Å². The van der Waals surface area contributed by atoms with Gasteiger partial charge in [0.1, 0.15) is 0 Å². The molecule has 1 unspecified atom stereocenters. The van der Waals surface area contributed by atoms with E-state index in [0.717, 1.165) is 23.7 Å². The minimum atomic E-state index is -0.329. The molecule has 128 valence electrons. The smallest absolute Gasteiger partial charge is 0.314 e. The second kappa shape index (κ2) is 8.27. The highest BCUT2D eigenvalue weighted by molar-refractivity contribution is 6.05. The Hall–Kier alpha value is -1.65. The molecule has 2 N–H and O–H groups in total. The van der Waals surface area contributed by atoms with Crippen LogP contribution in [-0.2, 0) is 4.79 Å². The average molecular weight is 319 g/mol. The molecule has 0 aromatic carbocycles. The van der Waals surface area contributed by atoms with Gasteiger partial charge in [-0.05, 0) is 44.6 Å². The van der Waals surface area contributed by atoms with Gasteiger partial charge in [-0.15, -0.1) is 0 Å². The van der Waals surface area contributed by atoms with Gasteiger partial charge in [0.05, 0.1) is 5.92 Å². The monoisotopic (exact) mass is 319 g/mol. The highest BCUT2D eigenvalue weighted by Crippen LogP contribution is 2.30. The van der Waals surface area contributed by atoms with Crippen LogP contribution in [0, 0.1) is 17.8 Å². The predicted molar refractivity (Wildman–Crippen MR) is 92.5 cm³/mol. The second-order valence-corrected chi connectivity index (χ2v) is 6.92. The molecule has 23 heavy (non-hydrogen) atoms. The number of urea groups is 1. The quantitative estimate of drug-likeness (QED) is 0.817. The van der Waals surface area contributed by atoms with Crippen molar-refractivity contribution in [3.8, 4) is 0 Å². The second-order valence-electron chi connectivity index (χ2n) is 6.92. The normalized spacial score (nSPS) is 28.0. The fourth-order valence-corrected chi connectivity index (χ4v) is 3.50. The fourth-order valence-electron chi connectivity index (χ4n) is 3.50. The summed E-state index contributed by atoms with van der Waals surface area (Å²) in [6.07, 6.45) is 8.14. The SMILES string of the molecule is CCC1CCC(CNC(=O)NCC2C(=O)N=C(C)C=C2C)CC1. The van der Waals surface area contributed by atoms with Crippen molar-refractivity contribution in [2.24, 2.45) is 22.7 Å². The molecule has 0 bridgehead atoms. The van der Waals surface area contributed by atoms with E-state index in [4.69, 9.17) is 0 Å². The lowest BCUT2D eigenvalue weighted by Gasteiger charge is -2.28. The molecule has 1 atom stereocenters. The summed E-state index contributed by atoms with van der Waals surface area (Å²) in [6, 6.07) is -0.186. The van der Waals surface area contributed by atoms with Crippen LogP contribution in [0.15, 0.2) is 16.6 Å². The van der Waals surface area contributed by atoms with Crippen molar-refractivity contribution >= 4 is 17.6 Å². The van der Waals surface area contributed by atoms with E-state index in [2.05, 4.69) is 22.5 Å². The predicted octanol–water partition coefficient (Wildman–Crippen LogP) is 3.07. The molecule has 2 rings (SSSR count). The van der Waals surface area contributed by atoms with Crippen molar-refractivity contribution in [1.82, 2.24) is 10.6 Å². The van der Waals surface area contributed by atoms with Gasteiger partial charge >= 0.3 is 6.03 Å². The molecule has 0 aromatic heterocycles. The number of carbonyl (C=O) groups excluding carboxylic acids is 2.